The maximum absolute atomic E-state index is 11.8. The van der Waals surface area contributed by atoms with Gasteiger partial charge in [-0.05, 0) is 41.3 Å². The molecule has 0 aliphatic heterocycles. The van der Waals surface area contributed by atoms with Gasteiger partial charge in [0.1, 0.15) is 0 Å². The molecule has 106 valence electrons. The van der Waals surface area contributed by atoms with E-state index < -0.39 is 16.3 Å². The van der Waals surface area contributed by atoms with Crippen LogP contribution in [-0.4, -0.2) is 0 Å². The van der Waals surface area contributed by atoms with E-state index in [0.717, 1.165) is 15.3 Å². The second-order valence-corrected chi connectivity index (χ2v) is 6.92. The zero-order valence-electron chi connectivity index (χ0n) is 11.2. The van der Waals surface area contributed by atoms with Crippen molar-refractivity contribution in [3.05, 3.63) is 78.5 Å². The molecule has 0 aliphatic carbocycles. The number of thiophene rings is 2. The van der Waals surface area contributed by atoms with Gasteiger partial charge in [0, 0.05) is 25.4 Å². The normalized spacial score (nSPS) is 11.3. The van der Waals surface area contributed by atoms with E-state index in [0.29, 0.717) is 0 Å². The number of benzene rings is 1. The SMILES string of the molecule is O=c1c(=O)c2ccc(-c3ccc(-c4cccs4)s3)cc2c1=O. The lowest BCUT2D eigenvalue weighted by molar-refractivity contribution is 1.56. The minimum absolute atomic E-state index is 0.216. The average molecular weight is 324 g/mol. The number of fused-ring (bicyclic) bond motifs is 1. The highest BCUT2D eigenvalue weighted by molar-refractivity contribution is 7.23. The monoisotopic (exact) mass is 324 g/mol. The fraction of sp³-hybridized carbons (Fsp3) is 0. The van der Waals surface area contributed by atoms with Crippen LogP contribution in [0.2, 0.25) is 0 Å². The number of hydrogen-bond acceptors (Lipinski definition) is 5. The van der Waals surface area contributed by atoms with E-state index in [1.54, 1.807) is 40.9 Å². The molecule has 3 nitrogen and oxygen atoms in total. The summed E-state index contributed by atoms with van der Waals surface area (Å²) in [6.07, 6.45) is 0. The van der Waals surface area contributed by atoms with E-state index in [4.69, 9.17) is 0 Å². The molecular formula is C17H8O3S2. The van der Waals surface area contributed by atoms with Crippen LogP contribution in [0.4, 0.5) is 0 Å². The van der Waals surface area contributed by atoms with Gasteiger partial charge in [0.15, 0.2) is 0 Å². The van der Waals surface area contributed by atoms with Gasteiger partial charge in [-0.25, -0.2) is 0 Å². The van der Waals surface area contributed by atoms with Crippen LogP contribution >= 0.6 is 22.7 Å². The molecule has 0 radical (unpaired) electrons. The Kier molecular flexibility index (Phi) is 2.92. The van der Waals surface area contributed by atoms with Crippen molar-refractivity contribution in [2.45, 2.75) is 0 Å². The predicted molar refractivity (Wildman–Crippen MR) is 91.8 cm³/mol. The van der Waals surface area contributed by atoms with E-state index in [2.05, 4.69) is 6.07 Å². The molecule has 4 rings (SSSR count). The van der Waals surface area contributed by atoms with Gasteiger partial charge in [-0.2, -0.15) is 0 Å². The first-order chi connectivity index (χ1) is 10.6. The van der Waals surface area contributed by atoms with Crippen LogP contribution in [0, 0.1) is 0 Å². The van der Waals surface area contributed by atoms with E-state index >= 15 is 0 Å². The zero-order chi connectivity index (χ0) is 15.3. The molecule has 0 aliphatic rings. The van der Waals surface area contributed by atoms with Crippen molar-refractivity contribution in [3.8, 4) is 20.2 Å². The van der Waals surface area contributed by atoms with Crippen molar-refractivity contribution in [3.63, 3.8) is 0 Å². The third-order valence-electron chi connectivity index (χ3n) is 3.58. The standard InChI is InChI=1S/C17H8O3S2/c18-15-10-4-3-9(8-11(10)16(19)17(15)20)12-5-6-14(22-12)13-2-1-7-21-13/h1-8H. The van der Waals surface area contributed by atoms with Crippen molar-refractivity contribution in [2.75, 3.05) is 0 Å². The molecule has 2 aromatic carbocycles. The quantitative estimate of drug-likeness (QED) is 0.532. The number of hydrogen-bond donors (Lipinski definition) is 0. The minimum Gasteiger partial charge on any atom is -0.285 e. The zero-order valence-corrected chi connectivity index (χ0v) is 12.8. The Morgan fingerprint density at radius 2 is 1.45 bits per heavy atom. The van der Waals surface area contributed by atoms with E-state index in [1.807, 2.05) is 23.6 Å². The molecule has 2 heterocycles. The molecule has 22 heavy (non-hydrogen) atoms. The Morgan fingerprint density at radius 1 is 0.682 bits per heavy atom. The van der Waals surface area contributed by atoms with Crippen molar-refractivity contribution in [1.29, 1.82) is 0 Å². The molecule has 0 fully saturated rings. The molecule has 0 saturated carbocycles. The second-order valence-electron chi connectivity index (χ2n) is 4.89. The fourth-order valence-electron chi connectivity index (χ4n) is 2.48. The second kappa shape index (κ2) is 4.83. The lowest BCUT2D eigenvalue weighted by Gasteiger charge is -1.97. The summed E-state index contributed by atoms with van der Waals surface area (Å²) in [7, 11) is 0. The van der Waals surface area contributed by atoms with Crippen LogP contribution in [0.1, 0.15) is 0 Å². The summed E-state index contributed by atoms with van der Waals surface area (Å²) in [6, 6.07) is 13.1. The summed E-state index contributed by atoms with van der Waals surface area (Å²) in [5.74, 6) is 0. The Balaban J connectivity index is 1.88. The Morgan fingerprint density at radius 3 is 2.23 bits per heavy atom. The summed E-state index contributed by atoms with van der Waals surface area (Å²) in [6.45, 7) is 0. The van der Waals surface area contributed by atoms with Crippen molar-refractivity contribution in [2.24, 2.45) is 0 Å². The van der Waals surface area contributed by atoms with Crippen molar-refractivity contribution < 1.29 is 0 Å². The first-order valence-corrected chi connectivity index (χ1v) is 8.26. The van der Waals surface area contributed by atoms with Crippen LogP contribution in [0.5, 0.6) is 0 Å². The molecule has 0 saturated heterocycles. The molecule has 0 N–H and O–H groups in total. The first kappa shape index (κ1) is 13.3. The molecule has 0 spiro atoms. The Labute approximate surface area is 132 Å². The van der Waals surface area contributed by atoms with Gasteiger partial charge in [0.05, 0.1) is 0 Å². The fourth-order valence-corrected chi connectivity index (χ4v) is 4.31. The molecule has 0 atom stereocenters. The third-order valence-corrected chi connectivity index (χ3v) is 5.78. The van der Waals surface area contributed by atoms with E-state index in [1.165, 1.54) is 4.88 Å². The molecular weight excluding hydrogens is 316 g/mol. The van der Waals surface area contributed by atoms with Gasteiger partial charge < -0.3 is 0 Å². The highest BCUT2D eigenvalue weighted by Gasteiger charge is 2.14. The van der Waals surface area contributed by atoms with Crippen LogP contribution < -0.4 is 16.3 Å². The van der Waals surface area contributed by atoms with Gasteiger partial charge in [0.2, 0.25) is 10.9 Å². The largest absolute Gasteiger partial charge is 0.285 e. The molecule has 0 unspecified atom stereocenters. The third kappa shape index (κ3) is 1.90. The van der Waals surface area contributed by atoms with Crippen LogP contribution in [0.15, 0.2) is 62.2 Å². The van der Waals surface area contributed by atoms with Crippen LogP contribution in [0.3, 0.4) is 0 Å². The van der Waals surface area contributed by atoms with Crippen LogP contribution in [0.25, 0.3) is 31.0 Å². The van der Waals surface area contributed by atoms with Crippen molar-refractivity contribution >= 4 is 33.4 Å². The Hall–Kier alpha value is -2.37. The molecule has 0 amide bonds. The lowest BCUT2D eigenvalue weighted by Crippen LogP contribution is -2.29. The highest BCUT2D eigenvalue weighted by Crippen LogP contribution is 2.36. The molecule has 5 heteroatoms. The predicted octanol–water partition coefficient (Wildman–Crippen LogP) is 3.25. The van der Waals surface area contributed by atoms with E-state index in [-0.39, 0.29) is 10.8 Å². The van der Waals surface area contributed by atoms with Gasteiger partial charge in [-0.3, -0.25) is 14.4 Å². The summed E-state index contributed by atoms with van der Waals surface area (Å²) in [5, 5.41) is 2.47. The highest BCUT2D eigenvalue weighted by atomic mass is 32.1. The van der Waals surface area contributed by atoms with Gasteiger partial charge in [-0.15, -0.1) is 22.7 Å². The smallest absolute Gasteiger partial charge is 0.273 e. The summed E-state index contributed by atoms with van der Waals surface area (Å²) < 4.78 is 0. The molecule has 2 aromatic heterocycles. The van der Waals surface area contributed by atoms with E-state index in [9.17, 15) is 14.4 Å². The number of rotatable bonds is 2. The molecule has 4 aromatic rings. The van der Waals surface area contributed by atoms with Crippen molar-refractivity contribution in [1.82, 2.24) is 0 Å². The van der Waals surface area contributed by atoms with Gasteiger partial charge in [0.25, 0.3) is 5.43 Å². The molecule has 0 bridgehead atoms. The topological polar surface area (TPSA) is 51.2 Å². The summed E-state index contributed by atoms with van der Waals surface area (Å²) in [5.41, 5.74) is -1.48. The summed E-state index contributed by atoms with van der Waals surface area (Å²) >= 11 is 3.29. The minimum atomic E-state index is -0.933. The lowest BCUT2D eigenvalue weighted by atomic mass is 10.1. The Bertz CT molecular complexity index is 1130. The van der Waals surface area contributed by atoms with Gasteiger partial charge >= 0.3 is 0 Å². The van der Waals surface area contributed by atoms with Gasteiger partial charge in [-0.1, -0.05) is 12.1 Å². The maximum atomic E-state index is 11.8. The first-order valence-electron chi connectivity index (χ1n) is 6.56. The average Bonchev–Trinajstić information content (AvgIpc) is 3.25. The van der Waals surface area contributed by atoms with Crippen LogP contribution in [-0.2, 0) is 0 Å². The summed E-state index contributed by atoms with van der Waals surface area (Å²) in [4.78, 5) is 38.3. The maximum Gasteiger partial charge on any atom is 0.273 e.